The van der Waals surface area contributed by atoms with Crippen LogP contribution in [0.1, 0.15) is 6.92 Å². The highest BCUT2D eigenvalue weighted by atomic mass is 19.2. The van der Waals surface area contributed by atoms with Crippen LogP contribution in [0, 0.1) is 17.5 Å². The van der Waals surface area contributed by atoms with Gasteiger partial charge in [-0.25, -0.2) is 13.2 Å². The summed E-state index contributed by atoms with van der Waals surface area (Å²) in [6.45, 7) is 2.36. The number of hydrogen-bond donors (Lipinski definition) is 2. The molecule has 0 aliphatic carbocycles. The molecule has 0 saturated heterocycles. The third kappa shape index (κ3) is 2.96. The minimum absolute atomic E-state index is 0.0189. The fraction of sp³-hybridized carbons (Fsp3) is 0.300. The lowest BCUT2D eigenvalue weighted by molar-refractivity contribution is -0.115. The average Bonchev–Trinajstić information content (AvgIpc) is 2.27. The van der Waals surface area contributed by atoms with Crippen LogP contribution < -0.4 is 10.6 Å². The van der Waals surface area contributed by atoms with Crippen LogP contribution in [0.15, 0.2) is 12.1 Å². The molecule has 0 bridgehead atoms. The molecular formula is C10H11F3N2O. The van der Waals surface area contributed by atoms with E-state index in [9.17, 15) is 18.0 Å². The zero-order chi connectivity index (χ0) is 12.1. The summed E-state index contributed by atoms with van der Waals surface area (Å²) in [6.07, 6.45) is 0. The van der Waals surface area contributed by atoms with Gasteiger partial charge in [0.15, 0.2) is 17.5 Å². The number of benzene rings is 1. The lowest BCUT2D eigenvalue weighted by Gasteiger charge is -2.07. The molecule has 0 spiro atoms. The van der Waals surface area contributed by atoms with E-state index in [2.05, 4.69) is 10.6 Å². The molecule has 0 atom stereocenters. The summed E-state index contributed by atoms with van der Waals surface area (Å²) >= 11 is 0. The van der Waals surface area contributed by atoms with Crippen molar-refractivity contribution in [2.75, 3.05) is 18.4 Å². The smallest absolute Gasteiger partial charge is 0.238 e. The van der Waals surface area contributed by atoms with Gasteiger partial charge in [-0.1, -0.05) is 6.92 Å². The van der Waals surface area contributed by atoms with Crippen molar-refractivity contribution in [1.29, 1.82) is 0 Å². The second-order valence-corrected chi connectivity index (χ2v) is 3.05. The van der Waals surface area contributed by atoms with E-state index in [1.165, 1.54) is 0 Å². The van der Waals surface area contributed by atoms with Crippen LogP contribution in [0.4, 0.5) is 18.9 Å². The maximum absolute atomic E-state index is 13.1. The van der Waals surface area contributed by atoms with Crippen LogP contribution in [-0.2, 0) is 4.79 Å². The number of anilines is 1. The molecular weight excluding hydrogens is 221 g/mol. The molecule has 1 aromatic rings. The molecule has 3 nitrogen and oxygen atoms in total. The molecule has 0 radical (unpaired) electrons. The van der Waals surface area contributed by atoms with Crippen molar-refractivity contribution in [2.24, 2.45) is 0 Å². The Balaban J connectivity index is 2.74. The van der Waals surface area contributed by atoms with E-state index in [1.807, 2.05) is 0 Å². The van der Waals surface area contributed by atoms with Crippen LogP contribution in [0.2, 0.25) is 0 Å². The number of likely N-dealkylation sites (N-methyl/N-ethyl adjacent to an activating group) is 1. The van der Waals surface area contributed by atoms with E-state index in [-0.39, 0.29) is 12.2 Å². The van der Waals surface area contributed by atoms with Gasteiger partial charge in [0, 0.05) is 0 Å². The van der Waals surface area contributed by atoms with Crippen molar-refractivity contribution >= 4 is 11.6 Å². The first-order chi connectivity index (χ1) is 7.56. The summed E-state index contributed by atoms with van der Waals surface area (Å²) in [5.41, 5.74) is -0.373. The standard InChI is InChI=1S/C10H11F3N2O/c1-2-14-5-8(16)15-7-4-3-6(11)9(12)10(7)13/h3-4,14H,2,5H2,1H3,(H,15,16). The van der Waals surface area contributed by atoms with Crippen LogP contribution in [0.25, 0.3) is 0 Å². The second-order valence-electron chi connectivity index (χ2n) is 3.05. The maximum Gasteiger partial charge on any atom is 0.238 e. The second kappa shape index (κ2) is 5.50. The van der Waals surface area contributed by atoms with Gasteiger partial charge < -0.3 is 10.6 Å². The van der Waals surface area contributed by atoms with Crippen LogP contribution in [0.5, 0.6) is 0 Å². The van der Waals surface area contributed by atoms with Crippen molar-refractivity contribution < 1.29 is 18.0 Å². The van der Waals surface area contributed by atoms with Gasteiger partial charge in [-0.05, 0) is 18.7 Å². The summed E-state index contributed by atoms with van der Waals surface area (Å²) in [4.78, 5) is 11.2. The van der Waals surface area contributed by atoms with Gasteiger partial charge in [0.2, 0.25) is 5.91 Å². The van der Waals surface area contributed by atoms with Crippen LogP contribution in [0.3, 0.4) is 0 Å². The SMILES string of the molecule is CCNCC(=O)Nc1ccc(F)c(F)c1F. The van der Waals surface area contributed by atoms with E-state index in [4.69, 9.17) is 0 Å². The number of halogens is 3. The van der Waals surface area contributed by atoms with E-state index < -0.39 is 23.4 Å². The van der Waals surface area contributed by atoms with Gasteiger partial charge in [-0.15, -0.1) is 0 Å². The monoisotopic (exact) mass is 232 g/mol. The summed E-state index contributed by atoms with van der Waals surface area (Å²) in [5, 5.41) is 4.84. The van der Waals surface area contributed by atoms with E-state index in [1.54, 1.807) is 6.92 Å². The molecule has 0 unspecified atom stereocenters. The Morgan fingerprint density at radius 3 is 2.56 bits per heavy atom. The summed E-state index contributed by atoms with van der Waals surface area (Å²) in [5.74, 6) is -4.81. The molecule has 0 aliphatic heterocycles. The van der Waals surface area contributed by atoms with Crippen molar-refractivity contribution in [1.82, 2.24) is 5.32 Å². The Bertz CT molecular complexity index is 396. The Morgan fingerprint density at radius 2 is 1.94 bits per heavy atom. The van der Waals surface area contributed by atoms with Gasteiger partial charge in [-0.3, -0.25) is 4.79 Å². The molecule has 1 aromatic carbocycles. The van der Waals surface area contributed by atoms with Crippen molar-refractivity contribution in [3.05, 3.63) is 29.6 Å². The summed E-state index contributed by atoms with van der Waals surface area (Å²) in [6, 6.07) is 1.72. The fourth-order valence-electron chi connectivity index (χ4n) is 1.06. The van der Waals surface area contributed by atoms with Crippen molar-refractivity contribution in [2.45, 2.75) is 6.92 Å². The highest BCUT2D eigenvalue weighted by molar-refractivity contribution is 5.92. The number of nitrogens with one attached hydrogen (secondary N) is 2. The van der Waals surface area contributed by atoms with Crippen molar-refractivity contribution in [3.8, 4) is 0 Å². The first-order valence-corrected chi connectivity index (χ1v) is 4.70. The van der Waals surface area contributed by atoms with Gasteiger partial charge in [0.1, 0.15) is 0 Å². The summed E-state index contributed by atoms with van der Waals surface area (Å²) in [7, 11) is 0. The zero-order valence-corrected chi connectivity index (χ0v) is 8.61. The lowest BCUT2D eigenvalue weighted by atomic mass is 10.2. The number of carbonyl (C=O) groups excluding carboxylic acids is 1. The minimum atomic E-state index is -1.60. The van der Waals surface area contributed by atoms with E-state index in [0.717, 1.165) is 12.1 Å². The lowest BCUT2D eigenvalue weighted by Crippen LogP contribution is -2.28. The number of carbonyl (C=O) groups is 1. The normalized spacial score (nSPS) is 10.2. The first-order valence-electron chi connectivity index (χ1n) is 4.70. The predicted molar refractivity (Wildman–Crippen MR) is 53.5 cm³/mol. The molecule has 0 heterocycles. The number of rotatable bonds is 4. The fourth-order valence-corrected chi connectivity index (χ4v) is 1.06. The van der Waals surface area contributed by atoms with E-state index >= 15 is 0 Å². The largest absolute Gasteiger partial charge is 0.322 e. The average molecular weight is 232 g/mol. The Hall–Kier alpha value is -1.56. The number of amides is 1. The number of hydrogen-bond acceptors (Lipinski definition) is 2. The van der Waals surface area contributed by atoms with E-state index in [0.29, 0.717) is 6.54 Å². The van der Waals surface area contributed by atoms with Gasteiger partial charge in [-0.2, -0.15) is 0 Å². The van der Waals surface area contributed by atoms with Gasteiger partial charge in [0.25, 0.3) is 0 Å². The molecule has 88 valence electrons. The Kier molecular flexibility index (Phi) is 4.30. The Morgan fingerprint density at radius 1 is 1.25 bits per heavy atom. The molecule has 0 aromatic heterocycles. The molecule has 0 aliphatic rings. The topological polar surface area (TPSA) is 41.1 Å². The molecule has 0 saturated carbocycles. The highest BCUT2D eigenvalue weighted by Gasteiger charge is 2.14. The van der Waals surface area contributed by atoms with Crippen LogP contribution in [-0.4, -0.2) is 19.0 Å². The summed E-state index contributed by atoms with van der Waals surface area (Å²) < 4.78 is 38.4. The first kappa shape index (κ1) is 12.5. The molecule has 2 N–H and O–H groups in total. The van der Waals surface area contributed by atoms with Crippen molar-refractivity contribution in [3.63, 3.8) is 0 Å². The van der Waals surface area contributed by atoms with Gasteiger partial charge >= 0.3 is 0 Å². The zero-order valence-electron chi connectivity index (χ0n) is 8.61. The molecule has 1 amide bonds. The predicted octanol–water partition coefficient (Wildman–Crippen LogP) is 1.65. The third-order valence-electron chi connectivity index (χ3n) is 1.84. The molecule has 1 rings (SSSR count). The molecule has 0 fully saturated rings. The highest BCUT2D eigenvalue weighted by Crippen LogP contribution is 2.19. The molecule has 6 heteroatoms. The third-order valence-corrected chi connectivity index (χ3v) is 1.84. The van der Waals surface area contributed by atoms with Crippen LogP contribution >= 0.6 is 0 Å². The maximum atomic E-state index is 13.1. The minimum Gasteiger partial charge on any atom is -0.322 e. The molecule has 16 heavy (non-hydrogen) atoms. The Labute approximate surface area is 90.6 Å². The quantitative estimate of drug-likeness (QED) is 0.775. The van der Waals surface area contributed by atoms with Gasteiger partial charge in [0.05, 0.1) is 12.2 Å².